The Kier molecular flexibility index (Phi) is 9.07. The van der Waals surface area contributed by atoms with Gasteiger partial charge in [0.1, 0.15) is 5.92 Å². The maximum atomic E-state index is 11.8. The largest absolute Gasteiger partial charge is 1.00 e. The van der Waals surface area contributed by atoms with Gasteiger partial charge < -0.3 is 9.84 Å². The van der Waals surface area contributed by atoms with E-state index in [9.17, 15) is 14.7 Å². The summed E-state index contributed by atoms with van der Waals surface area (Å²) in [5, 5.41) is 11.8. The van der Waals surface area contributed by atoms with Crippen molar-refractivity contribution < 1.29 is 49.0 Å². The van der Waals surface area contributed by atoms with Crippen molar-refractivity contribution in [3.63, 3.8) is 0 Å². The Bertz CT molecular complexity index is 357. The van der Waals surface area contributed by atoms with E-state index in [1.54, 1.807) is 11.8 Å². The molecule has 0 aliphatic heterocycles. The van der Waals surface area contributed by atoms with Gasteiger partial charge in [0.15, 0.2) is 5.78 Å². The number of ether oxygens (including phenoxy) is 1. The second-order valence-corrected chi connectivity index (χ2v) is 6.20. The second kappa shape index (κ2) is 9.06. The molecule has 1 aliphatic rings. The number of carbonyl (C=O) groups is 2. The van der Waals surface area contributed by atoms with Crippen LogP contribution in [0.3, 0.4) is 0 Å². The van der Waals surface area contributed by atoms with Crippen molar-refractivity contribution in [3.05, 3.63) is 11.8 Å². The Morgan fingerprint density at radius 2 is 2.26 bits per heavy atom. The van der Waals surface area contributed by atoms with Crippen LogP contribution in [0.5, 0.6) is 0 Å². The zero-order valence-corrected chi connectivity index (χ0v) is 14.8. The standard InChI is InChI=1S/C13H20O4S.Na/c1-4-18-8(2)5-9-6-10(14)7-11(15)12(9)13(16)17-3;/h7-9,12,14H,4-6H2,1-3H3;/q;+1/p-1. The van der Waals surface area contributed by atoms with Crippen molar-refractivity contribution in [3.8, 4) is 0 Å². The average molecular weight is 294 g/mol. The van der Waals surface area contributed by atoms with Crippen molar-refractivity contribution in [2.24, 2.45) is 11.8 Å². The fraction of sp³-hybridized carbons (Fsp3) is 0.692. The van der Waals surface area contributed by atoms with Gasteiger partial charge in [-0.15, -0.1) is 5.76 Å². The van der Waals surface area contributed by atoms with E-state index in [2.05, 4.69) is 18.6 Å². The predicted octanol–water partition coefficient (Wildman–Crippen LogP) is -1.86. The molecule has 0 amide bonds. The van der Waals surface area contributed by atoms with Crippen LogP contribution in [0.15, 0.2) is 11.8 Å². The van der Waals surface area contributed by atoms with Crippen LogP contribution in [-0.4, -0.2) is 29.9 Å². The van der Waals surface area contributed by atoms with E-state index in [-0.39, 0.29) is 47.7 Å². The smallest absolute Gasteiger partial charge is 0.875 e. The molecule has 4 nitrogen and oxygen atoms in total. The molecule has 0 aromatic rings. The summed E-state index contributed by atoms with van der Waals surface area (Å²) in [4.78, 5) is 23.4. The van der Waals surface area contributed by atoms with Gasteiger partial charge in [0.2, 0.25) is 0 Å². The maximum absolute atomic E-state index is 11.8. The molecule has 0 radical (unpaired) electrons. The molecule has 0 aromatic heterocycles. The van der Waals surface area contributed by atoms with Crippen LogP contribution in [-0.2, 0) is 14.3 Å². The van der Waals surface area contributed by atoms with E-state index in [0.717, 1.165) is 11.8 Å². The summed E-state index contributed by atoms with van der Waals surface area (Å²) >= 11 is 1.76. The second-order valence-electron chi connectivity index (χ2n) is 4.48. The third kappa shape index (κ3) is 5.50. The third-order valence-corrected chi connectivity index (χ3v) is 4.18. The van der Waals surface area contributed by atoms with Crippen LogP contribution in [0.1, 0.15) is 26.7 Å². The molecular weight excluding hydrogens is 275 g/mol. The zero-order chi connectivity index (χ0) is 13.7. The third-order valence-electron chi connectivity index (χ3n) is 3.09. The summed E-state index contributed by atoms with van der Waals surface area (Å²) in [6.07, 6.45) is 1.99. The molecule has 6 heteroatoms. The predicted molar refractivity (Wildman–Crippen MR) is 68.9 cm³/mol. The average Bonchev–Trinajstić information content (AvgIpc) is 2.27. The van der Waals surface area contributed by atoms with Crippen LogP contribution in [0.2, 0.25) is 0 Å². The normalized spacial score (nSPS) is 24.2. The Balaban J connectivity index is 0.00000324. The fourth-order valence-corrected chi connectivity index (χ4v) is 3.30. The molecule has 0 heterocycles. The van der Waals surface area contributed by atoms with Crippen LogP contribution in [0.4, 0.5) is 0 Å². The number of hydrogen-bond acceptors (Lipinski definition) is 5. The Labute approximate surface area is 140 Å². The topological polar surface area (TPSA) is 66.4 Å². The maximum Gasteiger partial charge on any atom is 1.00 e. The summed E-state index contributed by atoms with van der Waals surface area (Å²) in [7, 11) is 1.27. The van der Waals surface area contributed by atoms with Crippen molar-refractivity contribution in [2.45, 2.75) is 31.9 Å². The van der Waals surface area contributed by atoms with Gasteiger partial charge in [-0.05, 0) is 30.6 Å². The molecule has 0 aromatic carbocycles. The minimum atomic E-state index is -0.799. The molecule has 102 valence electrons. The molecule has 0 fully saturated rings. The number of hydrogen-bond donors (Lipinski definition) is 0. The zero-order valence-electron chi connectivity index (χ0n) is 12.0. The summed E-state index contributed by atoms with van der Waals surface area (Å²) < 4.78 is 4.67. The van der Waals surface area contributed by atoms with E-state index in [1.165, 1.54) is 7.11 Å². The van der Waals surface area contributed by atoms with Gasteiger partial charge in [0, 0.05) is 5.25 Å². The number of esters is 1. The van der Waals surface area contributed by atoms with E-state index >= 15 is 0 Å². The first kappa shape index (κ1) is 19.0. The molecule has 3 unspecified atom stereocenters. The molecule has 1 aliphatic carbocycles. The van der Waals surface area contributed by atoms with E-state index in [1.807, 2.05) is 0 Å². The minimum Gasteiger partial charge on any atom is -0.875 e. The number of allylic oxidation sites excluding steroid dienone is 2. The number of rotatable bonds is 5. The molecule has 0 saturated carbocycles. The van der Waals surface area contributed by atoms with Crippen LogP contribution >= 0.6 is 11.8 Å². The molecule has 0 spiro atoms. The molecule has 0 saturated heterocycles. The van der Waals surface area contributed by atoms with Gasteiger partial charge in [-0.1, -0.05) is 13.8 Å². The molecule has 19 heavy (non-hydrogen) atoms. The van der Waals surface area contributed by atoms with E-state index in [4.69, 9.17) is 0 Å². The van der Waals surface area contributed by atoms with Crippen molar-refractivity contribution in [1.29, 1.82) is 0 Å². The van der Waals surface area contributed by atoms with Crippen LogP contribution < -0.4 is 34.7 Å². The number of methoxy groups -OCH3 is 1. The van der Waals surface area contributed by atoms with Crippen LogP contribution in [0, 0.1) is 11.8 Å². The van der Waals surface area contributed by atoms with Gasteiger partial charge in [-0.3, -0.25) is 9.59 Å². The fourth-order valence-electron chi connectivity index (χ4n) is 2.35. The quantitative estimate of drug-likeness (QED) is 0.338. The molecule has 0 bridgehead atoms. The van der Waals surface area contributed by atoms with Gasteiger partial charge in [0.05, 0.1) is 7.11 Å². The van der Waals surface area contributed by atoms with Crippen molar-refractivity contribution >= 4 is 23.5 Å². The molecule has 3 atom stereocenters. The summed E-state index contributed by atoms with van der Waals surface area (Å²) in [6.45, 7) is 4.11. The summed E-state index contributed by atoms with van der Waals surface area (Å²) in [6, 6.07) is 0. The Morgan fingerprint density at radius 3 is 2.79 bits per heavy atom. The molecule has 0 N–H and O–H groups in total. The Hall–Kier alpha value is 0.0300. The first-order chi connectivity index (χ1) is 8.49. The van der Waals surface area contributed by atoms with Gasteiger partial charge in [-0.25, -0.2) is 0 Å². The van der Waals surface area contributed by atoms with Crippen molar-refractivity contribution in [2.75, 3.05) is 12.9 Å². The first-order valence-electron chi connectivity index (χ1n) is 6.10. The monoisotopic (exact) mass is 294 g/mol. The SMILES string of the molecule is CCSC(C)CC1CC([O-])=CC(=O)C1C(=O)OC.[Na+]. The summed E-state index contributed by atoms with van der Waals surface area (Å²) in [5.41, 5.74) is 0. The van der Waals surface area contributed by atoms with E-state index in [0.29, 0.717) is 11.7 Å². The number of carbonyl (C=O) groups excluding carboxylic acids is 2. The van der Waals surface area contributed by atoms with Crippen molar-refractivity contribution in [1.82, 2.24) is 0 Å². The van der Waals surface area contributed by atoms with Gasteiger partial charge in [0.25, 0.3) is 0 Å². The first-order valence-corrected chi connectivity index (χ1v) is 7.15. The Morgan fingerprint density at radius 1 is 1.63 bits per heavy atom. The van der Waals surface area contributed by atoms with Crippen LogP contribution in [0.25, 0.3) is 0 Å². The summed E-state index contributed by atoms with van der Waals surface area (Å²) in [5.74, 6) is -1.16. The van der Waals surface area contributed by atoms with Gasteiger partial charge in [-0.2, -0.15) is 11.8 Å². The number of ketones is 1. The van der Waals surface area contributed by atoms with Gasteiger partial charge >= 0.3 is 35.5 Å². The number of thioether (sulfide) groups is 1. The van der Waals surface area contributed by atoms with E-state index < -0.39 is 17.7 Å². The molecular formula is C13H19NaO4S. The molecule has 1 rings (SSSR count). The minimum absolute atomic E-state index is 0.